The summed E-state index contributed by atoms with van der Waals surface area (Å²) in [5.74, 6) is 1.36. The number of carbonyl (C=O) groups excluding carboxylic acids is 1. The molecule has 0 amide bonds. The van der Waals surface area contributed by atoms with Crippen LogP contribution in [0.25, 0.3) is 0 Å². The standard InChI is InChI=1S/C23H25BrN2O3/c1-15(27)11-19(20-13-25-26(3)16(20)2)17-9-10-22(23(12-17)28-4)29-14-18-7-5-6-8-21(18)24/h5-10,12-13,19H,11,14H2,1-4H3. The van der Waals surface area contributed by atoms with Gasteiger partial charge in [0, 0.05) is 40.7 Å². The fourth-order valence-electron chi connectivity index (χ4n) is 3.34. The van der Waals surface area contributed by atoms with Crippen molar-refractivity contribution in [2.24, 2.45) is 7.05 Å². The summed E-state index contributed by atoms with van der Waals surface area (Å²) in [6.45, 7) is 4.06. The third-order valence-corrected chi connectivity index (χ3v) is 5.84. The van der Waals surface area contributed by atoms with Gasteiger partial charge in [0.05, 0.1) is 13.3 Å². The van der Waals surface area contributed by atoms with E-state index in [0.717, 1.165) is 26.9 Å². The summed E-state index contributed by atoms with van der Waals surface area (Å²) in [5.41, 5.74) is 4.15. The van der Waals surface area contributed by atoms with Crippen LogP contribution in [0.5, 0.6) is 11.5 Å². The highest BCUT2D eigenvalue weighted by Gasteiger charge is 2.22. The fourth-order valence-corrected chi connectivity index (χ4v) is 3.74. The molecule has 29 heavy (non-hydrogen) atoms. The Hall–Kier alpha value is -2.60. The van der Waals surface area contributed by atoms with E-state index in [-0.39, 0.29) is 11.7 Å². The van der Waals surface area contributed by atoms with Crippen LogP contribution in [-0.4, -0.2) is 22.7 Å². The summed E-state index contributed by atoms with van der Waals surface area (Å²) >= 11 is 3.54. The van der Waals surface area contributed by atoms with E-state index in [1.54, 1.807) is 14.0 Å². The zero-order valence-corrected chi connectivity index (χ0v) is 18.7. The summed E-state index contributed by atoms with van der Waals surface area (Å²) in [6.07, 6.45) is 2.25. The van der Waals surface area contributed by atoms with Gasteiger partial charge in [-0.1, -0.05) is 40.2 Å². The van der Waals surface area contributed by atoms with Crippen LogP contribution in [-0.2, 0) is 18.4 Å². The molecule has 0 aliphatic heterocycles. The Balaban J connectivity index is 1.90. The van der Waals surface area contributed by atoms with Crippen LogP contribution in [0.1, 0.15) is 41.6 Å². The van der Waals surface area contributed by atoms with E-state index >= 15 is 0 Å². The van der Waals surface area contributed by atoms with Crippen molar-refractivity contribution in [3.8, 4) is 11.5 Å². The lowest BCUT2D eigenvalue weighted by molar-refractivity contribution is -0.117. The van der Waals surface area contributed by atoms with E-state index < -0.39 is 0 Å². The molecule has 1 unspecified atom stereocenters. The molecule has 1 atom stereocenters. The minimum Gasteiger partial charge on any atom is -0.493 e. The van der Waals surface area contributed by atoms with Crippen molar-refractivity contribution >= 4 is 21.7 Å². The molecular weight excluding hydrogens is 432 g/mol. The van der Waals surface area contributed by atoms with Crippen molar-refractivity contribution in [1.29, 1.82) is 0 Å². The van der Waals surface area contributed by atoms with E-state index in [1.165, 1.54) is 0 Å². The molecule has 0 saturated heterocycles. The molecule has 0 fully saturated rings. The van der Waals surface area contributed by atoms with Crippen molar-refractivity contribution < 1.29 is 14.3 Å². The molecule has 5 nitrogen and oxygen atoms in total. The molecule has 1 aromatic heterocycles. The SMILES string of the molecule is COc1cc(C(CC(C)=O)c2cnn(C)c2C)ccc1OCc1ccccc1Br. The van der Waals surface area contributed by atoms with E-state index in [1.807, 2.05) is 67.3 Å². The molecule has 0 spiro atoms. The largest absolute Gasteiger partial charge is 0.493 e. The Morgan fingerprint density at radius 3 is 2.59 bits per heavy atom. The first kappa shape index (κ1) is 21.1. The second kappa shape index (κ2) is 9.27. The minimum absolute atomic E-state index is 0.0765. The molecule has 0 N–H and O–H groups in total. The highest BCUT2D eigenvalue weighted by atomic mass is 79.9. The average molecular weight is 457 g/mol. The number of hydrogen-bond acceptors (Lipinski definition) is 4. The first-order valence-corrected chi connectivity index (χ1v) is 10.2. The number of rotatable bonds is 8. The van der Waals surface area contributed by atoms with Gasteiger partial charge < -0.3 is 9.47 Å². The lowest BCUT2D eigenvalue weighted by atomic mass is 9.87. The van der Waals surface area contributed by atoms with Crippen molar-refractivity contribution in [1.82, 2.24) is 9.78 Å². The second-order valence-corrected chi connectivity index (χ2v) is 7.91. The minimum atomic E-state index is -0.0765. The van der Waals surface area contributed by atoms with Gasteiger partial charge in [-0.2, -0.15) is 5.10 Å². The number of carbonyl (C=O) groups is 1. The third kappa shape index (κ3) is 4.88. The van der Waals surface area contributed by atoms with Crippen LogP contribution in [0.4, 0.5) is 0 Å². The van der Waals surface area contributed by atoms with Gasteiger partial charge in [0.15, 0.2) is 11.5 Å². The van der Waals surface area contributed by atoms with E-state index in [2.05, 4.69) is 21.0 Å². The number of halogens is 1. The first-order valence-electron chi connectivity index (χ1n) is 9.42. The van der Waals surface area contributed by atoms with Gasteiger partial charge in [-0.05, 0) is 37.6 Å². The summed E-state index contributed by atoms with van der Waals surface area (Å²) in [5, 5.41) is 4.35. The Morgan fingerprint density at radius 1 is 1.21 bits per heavy atom. The lowest BCUT2D eigenvalue weighted by Crippen LogP contribution is -2.08. The molecule has 152 valence electrons. The number of nitrogens with zero attached hydrogens (tertiary/aromatic N) is 2. The Morgan fingerprint density at radius 2 is 1.97 bits per heavy atom. The molecule has 3 aromatic rings. The highest BCUT2D eigenvalue weighted by Crippen LogP contribution is 2.36. The third-order valence-electron chi connectivity index (χ3n) is 5.07. The number of aryl methyl sites for hydroxylation is 1. The van der Waals surface area contributed by atoms with Gasteiger partial charge in [-0.15, -0.1) is 0 Å². The van der Waals surface area contributed by atoms with Crippen LogP contribution in [0, 0.1) is 6.92 Å². The molecule has 0 aliphatic carbocycles. The first-order chi connectivity index (χ1) is 13.9. The molecular formula is C23H25BrN2O3. The molecule has 2 aromatic carbocycles. The predicted octanol–water partition coefficient (Wildman–Crippen LogP) is 5.19. The molecule has 3 rings (SSSR count). The van der Waals surface area contributed by atoms with Crippen molar-refractivity contribution in [3.63, 3.8) is 0 Å². The van der Waals surface area contributed by atoms with Gasteiger partial charge in [0.1, 0.15) is 12.4 Å². The van der Waals surface area contributed by atoms with E-state index in [9.17, 15) is 4.79 Å². The summed E-state index contributed by atoms with van der Waals surface area (Å²) in [4.78, 5) is 11.9. The van der Waals surface area contributed by atoms with Crippen LogP contribution in [0.3, 0.4) is 0 Å². The van der Waals surface area contributed by atoms with Gasteiger partial charge >= 0.3 is 0 Å². The van der Waals surface area contributed by atoms with Gasteiger partial charge in [-0.25, -0.2) is 0 Å². The van der Waals surface area contributed by atoms with Crippen molar-refractivity contribution in [3.05, 3.63) is 75.5 Å². The number of methoxy groups -OCH3 is 1. The molecule has 0 radical (unpaired) electrons. The van der Waals surface area contributed by atoms with E-state index in [4.69, 9.17) is 9.47 Å². The Kier molecular flexibility index (Phi) is 6.75. The van der Waals surface area contributed by atoms with Crippen LogP contribution >= 0.6 is 15.9 Å². The van der Waals surface area contributed by atoms with Crippen molar-refractivity contribution in [2.45, 2.75) is 32.8 Å². The lowest BCUT2D eigenvalue weighted by Gasteiger charge is -2.19. The summed E-state index contributed by atoms with van der Waals surface area (Å²) in [7, 11) is 3.53. The van der Waals surface area contributed by atoms with Crippen molar-refractivity contribution in [2.75, 3.05) is 7.11 Å². The zero-order chi connectivity index (χ0) is 21.0. The number of Topliss-reactive ketones (excluding diaryl/α,β-unsaturated/α-hetero) is 1. The Labute approximate surface area is 179 Å². The molecule has 1 heterocycles. The maximum Gasteiger partial charge on any atom is 0.161 e. The molecule has 6 heteroatoms. The number of hydrogen-bond donors (Lipinski definition) is 0. The van der Waals surface area contributed by atoms with Crippen LogP contribution in [0.15, 0.2) is 53.1 Å². The molecule has 0 aliphatic rings. The summed E-state index contributed by atoms with van der Waals surface area (Å²) < 4.78 is 14.4. The summed E-state index contributed by atoms with van der Waals surface area (Å²) in [6, 6.07) is 13.8. The quantitative estimate of drug-likeness (QED) is 0.467. The normalized spacial score (nSPS) is 11.9. The number of benzene rings is 2. The van der Waals surface area contributed by atoms with Gasteiger partial charge in [0.2, 0.25) is 0 Å². The zero-order valence-electron chi connectivity index (χ0n) is 17.1. The number of aromatic nitrogens is 2. The smallest absolute Gasteiger partial charge is 0.161 e. The maximum absolute atomic E-state index is 11.9. The van der Waals surface area contributed by atoms with Gasteiger partial charge in [0.25, 0.3) is 0 Å². The molecule has 0 saturated carbocycles. The Bertz CT molecular complexity index is 1010. The van der Waals surface area contributed by atoms with E-state index in [0.29, 0.717) is 24.5 Å². The predicted molar refractivity (Wildman–Crippen MR) is 117 cm³/mol. The average Bonchev–Trinajstić information content (AvgIpc) is 3.04. The second-order valence-electron chi connectivity index (χ2n) is 7.06. The van der Waals surface area contributed by atoms with Gasteiger partial charge in [-0.3, -0.25) is 9.48 Å². The fraction of sp³-hybridized carbons (Fsp3) is 0.304. The molecule has 0 bridgehead atoms. The van der Waals surface area contributed by atoms with Crippen LogP contribution < -0.4 is 9.47 Å². The highest BCUT2D eigenvalue weighted by molar-refractivity contribution is 9.10. The topological polar surface area (TPSA) is 53.3 Å². The number of ether oxygens (including phenoxy) is 2. The maximum atomic E-state index is 11.9. The number of ketones is 1. The van der Waals surface area contributed by atoms with Crippen LogP contribution in [0.2, 0.25) is 0 Å². The monoisotopic (exact) mass is 456 g/mol.